The summed E-state index contributed by atoms with van der Waals surface area (Å²) < 4.78 is 1.88. The summed E-state index contributed by atoms with van der Waals surface area (Å²) in [4.78, 5) is 14.1. The van der Waals surface area contributed by atoms with Crippen molar-refractivity contribution < 1.29 is 4.79 Å². The van der Waals surface area contributed by atoms with Crippen LogP contribution in [-0.4, -0.2) is 55.6 Å². The number of carbonyl (C=O) groups excluding carboxylic acids is 1. The molecule has 0 atom stereocenters. The summed E-state index contributed by atoms with van der Waals surface area (Å²) in [6.07, 6.45) is 3.92. The van der Waals surface area contributed by atoms with Crippen LogP contribution in [0.25, 0.3) is 5.65 Å². The predicted octanol–water partition coefficient (Wildman–Crippen LogP) is 0.591. The molecule has 0 unspecified atom stereocenters. The lowest BCUT2D eigenvalue weighted by Crippen LogP contribution is -2.52. The molecule has 3 aromatic rings. The molecule has 1 amide bonds. The Hall–Kier alpha value is -2.97. The largest absolute Gasteiger partial charge is 0.354 e. The van der Waals surface area contributed by atoms with Crippen LogP contribution in [0.2, 0.25) is 0 Å². The topological polar surface area (TPSA) is 104 Å². The van der Waals surface area contributed by atoms with E-state index in [1.807, 2.05) is 16.6 Å². The number of nitrogens with one attached hydrogen (secondary N) is 2. The van der Waals surface area contributed by atoms with Gasteiger partial charge in [-0.25, -0.2) is 0 Å². The summed E-state index contributed by atoms with van der Waals surface area (Å²) in [6, 6.07) is 5.62. The first-order valence-corrected chi connectivity index (χ1v) is 8.53. The number of aromatic amines is 1. The first kappa shape index (κ1) is 14.4. The van der Waals surface area contributed by atoms with Gasteiger partial charge in [-0.1, -0.05) is 0 Å². The van der Waals surface area contributed by atoms with Crippen molar-refractivity contribution in [3.63, 3.8) is 0 Å². The number of H-pyrrole nitrogens is 1. The fourth-order valence-corrected chi connectivity index (χ4v) is 3.16. The quantitative estimate of drug-likeness (QED) is 0.706. The fraction of sp³-hybridized carbons (Fsp3) is 0.438. The number of rotatable bonds is 5. The molecule has 25 heavy (non-hydrogen) atoms. The van der Waals surface area contributed by atoms with Gasteiger partial charge in [0.2, 0.25) is 0 Å². The first-order chi connectivity index (χ1) is 12.3. The van der Waals surface area contributed by atoms with Crippen molar-refractivity contribution in [3.8, 4) is 0 Å². The molecule has 9 nitrogen and oxygen atoms in total. The van der Waals surface area contributed by atoms with E-state index in [9.17, 15) is 4.79 Å². The van der Waals surface area contributed by atoms with Gasteiger partial charge in [0.1, 0.15) is 11.5 Å². The molecule has 5 rings (SSSR count). The van der Waals surface area contributed by atoms with Crippen LogP contribution in [0.15, 0.2) is 24.4 Å². The predicted molar refractivity (Wildman–Crippen MR) is 89.4 cm³/mol. The van der Waals surface area contributed by atoms with Crippen molar-refractivity contribution in [1.82, 2.24) is 35.3 Å². The van der Waals surface area contributed by atoms with Gasteiger partial charge in [-0.2, -0.15) is 9.61 Å². The average Bonchev–Trinajstić information content (AvgIpc) is 3.11. The lowest BCUT2D eigenvalue weighted by molar-refractivity contribution is 0.0939. The Bertz CT molecular complexity index is 908. The Labute approximate surface area is 143 Å². The molecule has 2 N–H and O–H groups in total. The third kappa shape index (κ3) is 2.61. The van der Waals surface area contributed by atoms with Gasteiger partial charge in [0.15, 0.2) is 11.5 Å². The minimum atomic E-state index is -0.117. The lowest BCUT2D eigenvalue weighted by atomic mass is 10.0. The number of anilines is 1. The number of amides is 1. The summed E-state index contributed by atoms with van der Waals surface area (Å²) in [5.41, 5.74) is 1.29. The second-order valence-corrected chi connectivity index (χ2v) is 6.75. The second kappa shape index (κ2) is 5.54. The molecule has 128 valence electrons. The molecular formula is C16H18N8O. The summed E-state index contributed by atoms with van der Waals surface area (Å²) in [5.74, 6) is 2.73. The van der Waals surface area contributed by atoms with Crippen molar-refractivity contribution in [2.24, 2.45) is 5.92 Å². The van der Waals surface area contributed by atoms with Gasteiger partial charge in [-0.3, -0.25) is 9.89 Å². The Kier molecular flexibility index (Phi) is 3.19. The zero-order valence-electron chi connectivity index (χ0n) is 13.6. The Morgan fingerprint density at radius 3 is 2.88 bits per heavy atom. The molecule has 9 heteroatoms. The maximum Gasteiger partial charge on any atom is 0.269 e. The molecule has 1 aliphatic carbocycles. The normalized spacial score (nSPS) is 17.7. The van der Waals surface area contributed by atoms with Gasteiger partial charge in [-0.05, 0) is 31.0 Å². The molecular weight excluding hydrogens is 320 g/mol. The van der Waals surface area contributed by atoms with Crippen molar-refractivity contribution >= 4 is 17.4 Å². The van der Waals surface area contributed by atoms with Crippen LogP contribution in [-0.2, 0) is 0 Å². The summed E-state index contributed by atoms with van der Waals surface area (Å²) in [5, 5.41) is 22.5. The third-order valence-corrected chi connectivity index (χ3v) is 4.79. The minimum absolute atomic E-state index is 0.117. The molecule has 4 heterocycles. The molecule has 3 aromatic heterocycles. The van der Waals surface area contributed by atoms with E-state index >= 15 is 0 Å². The highest BCUT2D eigenvalue weighted by atomic mass is 16.1. The highest BCUT2D eigenvalue weighted by Crippen LogP contribution is 2.38. The SMILES string of the molecule is O=C(NCC1CN(c2ccc3nnc(C4CC4)n3n2)C1)c1ccn[nH]1. The molecule has 0 bridgehead atoms. The summed E-state index contributed by atoms with van der Waals surface area (Å²) in [7, 11) is 0. The fourth-order valence-electron chi connectivity index (χ4n) is 3.16. The molecule has 0 radical (unpaired) electrons. The van der Waals surface area contributed by atoms with Crippen LogP contribution in [0.5, 0.6) is 0 Å². The van der Waals surface area contributed by atoms with Crippen molar-refractivity contribution in [2.45, 2.75) is 18.8 Å². The summed E-state index contributed by atoms with van der Waals surface area (Å²) >= 11 is 0. The lowest BCUT2D eigenvalue weighted by Gasteiger charge is -2.40. The zero-order chi connectivity index (χ0) is 16.8. The van der Waals surface area contributed by atoms with Crippen LogP contribution in [0, 0.1) is 5.92 Å². The van der Waals surface area contributed by atoms with Crippen molar-refractivity contribution in [2.75, 3.05) is 24.5 Å². The van der Waals surface area contributed by atoms with Crippen molar-refractivity contribution in [3.05, 3.63) is 35.9 Å². The van der Waals surface area contributed by atoms with E-state index in [4.69, 9.17) is 5.10 Å². The Morgan fingerprint density at radius 1 is 1.24 bits per heavy atom. The van der Waals surface area contributed by atoms with Crippen LogP contribution >= 0.6 is 0 Å². The maximum atomic E-state index is 11.9. The van der Waals surface area contributed by atoms with Gasteiger partial charge in [0.25, 0.3) is 5.91 Å². The van der Waals surface area contributed by atoms with E-state index in [0.717, 1.165) is 30.4 Å². The van der Waals surface area contributed by atoms with Crippen molar-refractivity contribution in [1.29, 1.82) is 0 Å². The van der Waals surface area contributed by atoms with Crippen LogP contribution in [0.1, 0.15) is 35.1 Å². The number of hydrogen-bond donors (Lipinski definition) is 2. The Balaban J connectivity index is 1.21. The number of aromatic nitrogens is 6. The second-order valence-electron chi connectivity index (χ2n) is 6.75. The molecule has 2 aliphatic rings. The van der Waals surface area contributed by atoms with Gasteiger partial charge < -0.3 is 10.2 Å². The molecule has 1 saturated carbocycles. The van der Waals surface area contributed by atoms with Crippen LogP contribution in [0.4, 0.5) is 5.82 Å². The highest BCUT2D eigenvalue weighted by Gasteiger charge is 2.31. The van der Waals surface area contributed by atoms with Gasteiger partial charge >= 0.3 is 0 Å². The van der Waals surface area contributed by atoms with Crippen LogP contribution in [0.3, 0.4) is 0 Å². The van der Waals surface area contributed by atoms with E-state index < -0.39 is 0 Å². The molecule has 0 aromatic carbocycles. The molecule has 0 spiro atoms. The highest BCUT2D eigenvalue weighted by molar-refractivity contribution is 5.92. The van der Waals surface area contributed by atoms with E-state index in [1.165, 1.54) is 12.8 Å². The number of hydrogen-bond acceptors (Lipinski definition) is 6. The van der Waals surface area contributed by atoms with Gasteiger partial charge in [0, 0.05) is 37.7 Å². The number of nitrogens with zero attached hydrogens (tertiary/aromatic N) is 6. The molecule has 1 aliphatic heterocycles. The van der Waals surface area contributed by atoms with Gasteiger partial charge in [-0.15, -0.1) is 15.3 Å². The monoisotopic (exact) mass is 338 g/mol. The zero-order valence-corrected chi connectivity index (χ0v) is 13.6. The Morgan fingerprint density at radius 2 is 2.12 bits per heavy atom. The first-order valence-electron chi connectivity index (χ1n) is 8.53. The molecule has 2 fully saturated rings. The number of fused-ring (bicyclic) bond motifs is 1. The third-order valence-electron chi connectivity index (χ3n) is 4.79. The minimum Gasteiger partial charge on any atom is -0.354 e. The van der Waals surface area contributed by atoms with Crippen LogP contribution < -0.4 is 10.2 Å². The van der Waals surface area contributed by atoms with E-state index in [0.29, 0.717) is 24.1 Å². The van der Waals surface area contributed by atoms with E-state index in [2.05, 4.69) is 30.6 Å². The van der Waals surface area contributed by atoms with Gasteiger partial charge in [0.05, 0.1) is 0 Å². The molecule has 1 saturated heterocycles. The van der Waals surface area contributed by atoms with E-state index in [-0.39, 0.29) is 5.91 Å². The van der Waals surface area contributed by atoms with E-state index in [1.54, 1.807) is 12.3 Å². The average molecular weight is 338 g/mol. The summed E-state index contributed by atoms with van der Waals surface area (Å²) in [6.45, 7) is 2.40. The maximum absolute atomic E-state index is 11.9. The standard InChI is InChI=1S/C16H18N8O/c25-16(12-5-6-18-19-12)17-7-10-8-23(9-10)14-4-3-13-20-21-15(11-1-2-11)24(13)22-14/h3-6,10-11H,1-2,7-9H2,(H,17,25)(H,18,19). The number of carbonyl (C=O) groups is 1. The smallest absolute Gasteiger partial charge is 0.269 e.